The van der Waals surface area contributed by atoms with Crippen LogP contribution in [-0.2, 0) is 16.4 Å². The van der Waals surface area contributed by atoms with Crippen molar-refractivity contribution in [3.8, 4) is 0 Å². The van der Waals surface area contributed by atoms with Crippen LogP contribution in [0.5, 0.6) is 0 Å². The van der Waals surface area contributed by atoms with Gasteiger partial charge in [-0.2, -0.15) is 0 Å². The fraction of sp³-hybridized carbons (Fsp3) is 0.154. The lowest BCUT2D eigenvalue weighted by molar-refractivity contribution is 0.0961. The smallest absolute Gasteiger partial charge is 0.294 e. The number of hydrogen-bond donors (Lipinski definition) is 1. The zero-order valence-corrected chi connectivity index (χ0v) is 13.1. The topological polar surface area (TPSA) is 93.6 Å². The van der Waals surface area contributed by atoms with Gasteiger partial charge < -0.3 is 9.32 Å². The summed E-state index contributed by atoms with van der Waals surface area (Å²) in [6.07, 6.45) is 0.576. The summed E-state index contributed by atoms with van der Waals surface area (Å²) in [6.45, 7) is 0.473. The van der Waals surface area contributed by atoms with Crippen LogP contribution in [0.15, 0.2) is 44.3 Å². The summed E-state index contributed by atoms with van der Waals surface area (Å²) in [5.41, 5.74) is 1.46. The third-order valence-electron chi connectivity index (χ3n) is 3.30. The summed E-state index contributed by atoms with van der Waals surface area (Å²) < 4.78 is 28.4. The van der Waals surface area contributed by atoms with Crippen molar-refractivity contribution in [2.45, 2.75) is 11.3 Å². The van der Waals surface area contributed by atoms with Crippen molar-refractivity contribution in [1.29, 1.82) is 0 Å². The lowest BCUT2D eigenvalue weighted by Crippen LogP contribution is -2.28. The molecule has 1 amide bonds. The Balaban J connectivity index is 1.96. The van der Waals surface area contributed by atoms with Gasteiger partial charge >= 0.3 is 0 Å². The number of nitrogens with zero attached hydrogens (tertiary/aromatic N) is 1. The molecule has 1 aromatic heterocycles. The lowest BCUT2D eigenvalue weighted by Gasteiger charge is -2.15. The highest BCUT2D eigenvalue weighted by atomic mass is 79.9. The molecule has 0 aliphatic carbocycles. The first-order valence-electron chi connectivity index (χ1n) is 6.09. The van der Waals surface area contributed by atoms with Gasteiger partial charge in [0.2, 0.25) is 10.0 Å². The van der Waals surface area contributed by atoms with Crippen molar-refractivity contribution in [3.63, 3.8) is 0 Å². The van der Waals surface area contributed by atoms with Gasteiger partial charge in [0.1, 0.15) is 0 Å². The maximum atomic E-state index is 12.4. The summed E-state index contributed by atoms with van der Waals surface area (Å²) in [5.74, 6) is -0.0342. The average molecular weight is 371 g/mol. The number of sulfonamides is 1. The minimum Gasteiger partial charge on any atom is -0.444 e. The molecular formula is C13H11BrN2O4S. The molecule has 1 aromatic carbocycles. The molecule has 0 spiro atoms. The van der Waals surface area contributed by atoms with Crippen LogP contribution in [0.1, 0.15) is 16.1 Å². The van der Waals surface area contributed by atoms with Crippen molar-refractivity contribution < 1.29 is 17.6 Å². The van der Waals surface area contributed by atoms with Crippen molar-refractivity contribution in [1.82, 2.24) is 0 Å². The van der Waals surface area contributed by atoms with Crippen molar-refractivity contribution in [3.05, 3.63) is 46.3 Å². The number of primary sulfonamides is 1. The van der Waals surface area contributed by atoms with E-state index in [1.54, 1.807) is 23.1 Å². The van der Waals surface area contributed by atoms with E-state index in [2.05, 4.69) is 15.9 Å². The standard InChI is InChI=1S/C13H11BrN2O4S/c14-12-4-3-11(20-12)13(17)16-6-5-8-7-9(21(15,18)19)1-2-10(8)16/h1-4,7H,5-6H2,(H2,15,18,19). The molecule has 0 saturated carbocycles. The molecular weight excluding hydrogens is 360 g/mol. The van der Waals surface area contributed by atoms with Gasteiger partial charge in [-0.05, 0) is 58.2 Å². The molecule has 0 fully saturated rings. The molecule has 110 valence electrons. The number of nitrogens with two attached hydrogens (primary N) is 1. The Morgan fingerprint density at radius 2 is 2.05 bits per heavy atom. The van der Waals surface area contributed by atoms with Gasteiger partial charge in [0.25, 0.3) is 5.91 Å². The SMILES string of the molecule is NS(=O)(=O)c1ccc2c(c1)CCN2C(=O)c1ccc(Br)o1. The second-order valence-electron chi connectivity index (χ2n) is 4.65. The van der Waals surface area contributed by atoms with Crippen LogP contribution in [0.2, 0.25) is 0 Å². The monoisotopic (exact) mass is 370 g/mol. The third kappa shape index (κ3) is 2.61. The molecule has 3 rings (SSSR count). The summed E-state index contributed by atoms with van der Waals surface area (Å²) in [7, 11) is -3.74. The fourth-order valence-corrected chi connectivity index (χ4v) is 3.20. The fourth-order valence-electron chi connectivity index (χ4n) is 2.33. The Morgan fingerprint density at radius 1 is 1.29 bits per heavy atom. The highest BCUT2D eigenvalue weighted by Crippen LogP contribution is 2.31. The van der Waals surface area contributed by atoms with Crippen molar-refractivity contribution in [2.75, 3.05) is 11.4 Å². The summed E-state index contributed by atoms with van der Waals surface area (Å²) in [5, 5.41) is 5.11. The highest BCUT2D eigenvalue weighted by molar-refractivity contribution is 9.10. The summed E-state index contributed by atoms with van der Waals surface area (Å²) in [6, 6.07) is 7.74. The Hall–Kier alpha value is -1.64. The minimum atomic E-state index is -3.74. The van der Waals surface area contributed by atoms with E-state index in [9.17, 15) is 13.2 Å². The number of benzene rings is 1. The molecule has 2 heterocycles. The van der Waals surface area contributed by atoms with E-state index in [1.165, 1.54) is 12.1 Å². The number of hydrogen-bond acceptors (Lipinski definition) is 4. The van der Waals surface area contributed by atoms with Crippen LogP contribution in [0.25, 0.3) is 0 Å². The van der Waals surface area contributed by atoms with E-state index in [0.29, 0.717) is 23.3 Å². The van der Waals surface area contributed by atoms with Crippen molar-refractivity contribution in [2.24, 2.45) is 5.14 Å². The van der Waals surface area contributed by atoms with Gasteiger partial charge in [-0.3, -0.25) is 4.79 Å². The largest absolute Gasteiger partial charge is 0.444 e. The first-order valence-corrected chi connectivity index (χ1v) is 8.43. The van der Waals surface area contributed by atoms with E-state index >= 15 is 0 Å². The zero-order valence-electron chi connectivity index (χ0n) is 10.7. The molecule has 0 unspecified atom stereocenters. The number of rotatable bonds is 2. The van der Waals surface area contributed by atoms with Crippen LogP contribution in [0.4, 0.5) is 5.69 Å². The van der Waals surface area contributed by atoms with Gasteiger partial charge in [0, 0.05) is 12.2 Å². The van der Waals surface area contributed by atoms with Crippen LogP contribution >= 0.6 is 15.9 Å². The van der Waals surface area contributed by atoms with E-state index in [-0.39, 0.29) is 16.6 Å². The summed E-state index contributed by atoms with van der Waals surface area (Å²) >= 11 is 3.15. The number of furan rings is 1. The molecule has 0 bridgehead atoms. The number of fused-ring (bicyclic) bond motifs is 1. The van der Waals surface area contributed by atoms with E-state index in [4.69, 9.17) is 9.56 Å². The molecule has 1 aliphatic heterocycles. The van der Waals surface area contributed by atoms with Gasteiger partial charge in [0.05, 0.1) is 4.90 Å². The van der Waals surface area contributed by atoms with Crippen molar-refractivity contribution >= 4 is 37.5 Å². The molecule has 6 nitrogen and oxygen atoms in total. The number of carbonyl (C=O) groups excluding carboxylic acids is 1. The van der Waals surface area contributed by atoms with E-state index < -0.39 is 10.0 Å². The van der Waals surface area contributed by atoms with Crippen LogP contribution in [0, 0.1) is 0 Å². The molecule has 0 radical (unpaired) electrons. The predicted molar refractivity (Wildman–Crippen MR) is 79.6 cm³/mol. The molecule has 1 aliphatic rings. The second-order valence-corrected chi connectivity index (χ2v) is 6.99. The number of halogens is 1. The normalized spacial score (nSPS) is 14.3. The maximum Gasteiger partial charge on any atom is 0.294 e. The first kappa shape index (κ1) is 14.3. The minimum absolute atomic E-state index is 0.0521. The van der Waals surface area contributed by atoms with Crippen LogP contribution in [-0.4, -0.2) is 20.9 Å². The molecule has 0 saturated heterocycles. The Labute approximate surface area is 129 Å². The Morgan fingerprint density at radius 3 is 2.67 bits per heavy atom. The summed E-state index contributed by atoms with van der Waals surface area (Å²) in [4.78, 5) is 14.0. The number of amides is 1. The highest BCUT2D eigenvalue weighted by Gasteiger charge is 2.28. The predicted octanol–water partition coefficient (Wildman–Crippen LogP) is 1.89. The van der Waals surface area contributed by atoms with Crippen LogP contribution < -0.4 is 10.0 Å². The quantitative estimate of drug-likeness (QED) is 0.873. The van der Waals surface area contributed by atoms with Gasteiger partial charge in [0.15, 0.2) is 10.4 Å². The molecule has 2 N–H and O–H groups in total. The number of anilines is 1. The maximum absolute atomic E-state index is 12.4. The van der Waals surface area contributed by atoms with Crippen LogP contribution in [0.3, 0.4) is 0 Å². The zero-order chi connectivity index (χ0) is 15.2. The van der Waals surface area contributed by atoms with Gasteiger partial charge in [-0.25, -0.2) is 13.6 Å². The Kier molecular flexibility index (Phi) is 3.39. The molecule has 0 atom stereocenters. The van der Waals surface area contributed by atoms with E-state index in [1.807, 2.05) is 0 Å². The van der Waals surface area contributed by atoms with Gasteiger partial charge in [-0.15, -0.1) is 0 Å². The molecule has 8 heteroatoms. The Bertz CT molecular complexity index is 828. The first-order chi connectivity index (χ1) is 9.86. The molecule has 2 aromatic rings. The second kappa shape index (κ2) is 4.97. The third-order valence-corrected chi connectivity index (χ3v) is 4.64. The molecule has 21 heavy (non-hydrogen) atoms. The number of carbonyl (C=O) groups is 1. The average Bonchev–Trinajstić information content (AvgIpc) is 3.02. The van der Waals surface area contributed by atoms with E-state index in [0.717, 1.165) is 5.56 Å². The lowest BCUT2D eigenvalue weighted by atomic mass is 10.2. The van der Waals surface area contributed by atoms with Gasteiger partial charge in [-0.1, -0.05) is 0 Å².